The molecule has 0 N–H and O–H groups in total. The zero-order chi connectivity index (χ0) is 26.0. The van der Waals surface area contributed by atoms with Crippen LogP contribution in [0.4, 0.5) is 6.01 Å². The fourth-order valence-electron chi connectivity index (χ4n) is 3.82. The summed E-state index contributed by atoms with van der Waals surface area (Å²) in [6.45, 7) is 3.38. The number of nitroso groups, excluding NO2 is 1. The molecule has 37 heavy (non-hydrogen) atoms. The van der Waals surface area contributed by atoms with E-state index < -0.39 is 12.0 Å². The topological polar surface area (TPSA) is 103 Å². The summed E-state index contributed by atoms with van der Waals surface area (Å²) < 4.78 is 22.8. The van der Waals surface area contributed by atoms with Crippen LogP contribution in [0, 0.1) is 4.91 Å². The van der Waals surface area contributed by atoms with Crippen molar-refractivity contribution in [2.45, 2.75) is 32.4 Å². The van der Waals surface area contributed by atoms with Crippen LogP contribution >= 0.6 is 0 Å². The lowest BCUT2D eigenvalue weighted by Gasteiger charge is -2.21. The Balaban J connectivity index is 1.46. The highest BCUT2D eigenvalue weighted by molar-refractivity contribution is 5.81. The maximum Gasteiger partial charge on any atom is 0.326 e. The Labute approximate surface area is 214 Å². The van der Waals surface area contributed by atoms with Crippen LogP contribution in [0.3, 0.4) is 0 Å². The zero-order valence-corrected chi connectivity index (χ0v) is 20.8. The van der Waals surface area contributed by atoms with E-state index in [2.05, 4.69) is 10.2 Å². The highest BCUT2D eigenvalue weighted by Gasteiger charge is 2.20. The Morgan fingerprint density at radius 2 is 1.81 bits per heavy atom. The molecule has 0 saturated carbocycles. The normalized spacial score (nSPS) is 11.6. The lowest BCUT2D eigenvalue weighted by Crippen LogP contribution is -2.26. The first kappa shape index (κ1) is 25.7. The molecule has 0 bridgehead atoms. The molecule has 192 valence electrons. The van der Waals surface area contributed by atoms with Crippen LogP contribution in [0.2, 0.25) is 0 Å². The van der Waals surface area contributed by atoms with Gasteiger partial charge in [-0.25, -0.2) is 0 Å². The van der Waals surface area contributed by atoms with E-state index in [0.717, 1.165) is 29.0 Å². The summed E-state index contributed by atoms with van der Waals surface area (Å²) >= 11 is 0. The molecule has 0 saturated heterocycles. The van der Waals surface area contributed by atoms with Gasteiger partial charge in [0.2, 0.25) is 0 Å². The lowest BCUT2D eigenvalue weighted by atomic mass is 10.2. The van der Waals surface area contributed by atoms with Gasteiger partial charge >= 0.3 is 5.91 Å². The van der Waals surface area contributed by atoms with Gasteiger partial charge in [-0.1, -0.05) is 31.2 Å². The van der Waals surface area contributed by atoms with E-state index in [0.29, 0.717) is 43.5 Å². The minimum absolute atomic E-state index is 0.345. The molecule has 1 atom stereocenters. The molecule has 3 aromatic carbocycles. The van der Waals surface area contributed by atoms with E-state index >= 15 is 0 Å². The van der Waals surface area contributed by atoms with E-state index in [9.17, 15) is 9.70 Å². The Kier molecular flexibility index (Phi) is 8.70. The van der Waals surface area contributed by atoms with E-state index in [4.69, 9.17) is 18.6 Å². The molecular weight excluding hydrogens is 474 g/mol. The zero-order valence-electron chi connectivity index (χ0n) is 20.8. The number of carbonyl (C=O) groups is 1. The molecule has 9 heteroatoms. The lowest BCUT2D eigenvalue weighted by molar-refractivity contribution is -0.124. The number of hydrogen-bond donors (Lipinski definition) is 0. The molecule has 4 rings (SSSR count). The molecule has 0 radical (unpaired) electrons. The number of anilines is 1. The van der Waals surface area contributed by atoms with Crippen molar-refractivity contribution in [3.05, 3.63) is 83.3 Å². The summed E-state index contributed by atoms with van der Waals surface area (Å²) in [5, 5.41) is 2.50. The van der Waals surface area contributed by atoms with Crippen LogP contribution in [0.25, 0.3) is 11.1 Å². The number of benzene rings is 3. The first-order valence-corrected chi connectivity index (χ1v) is 12.1. The molecule has 0 aliphatic carbocycles. The van der Waals surface area contributed by atoms with Crippen molar-refractivity contribution >= 4 is 23.0 Å². The van der Waals surface area contributed by atoms with Crippen molar-refractivity contribution in [3.63, 3.8) is 0 Å². The maximum absolute atomic E-state index is 11.7. The molecule has 1 heterocycles. The molecule has 0 aliphatic heterocycles. The third-order valence-electron chi connectivity index (χ3n) is 5.74. The standard InChI is InChI=1S/C28H29N3O6/c1-3-25(27(32)30-33)36-23-9-6-8-20(18-23)19-31(28-29-24-10-4-5-11-26(24)37-28)16-7-17-35-22-14-12-21(34-2)13-15-22/h4-6,8-15,18,25H,3,7,16-17,19H2,1-2H3. The second kappa shape index (κ2) is 12.5. The van der Waals surface area contributed by atoms with Gasteiger partial charge in [0.05, 0.1) is 13.7 Å². The predicted octanol–water partition coefficient (Wildman–Crippen LogP) is 5.76. The second-order valence-electron chi connectivity index (χ2n) is 8.35. The molecule has 1 unspecified atom stereocenters. The Hall–Kier alpha value is -4.40. The van der Waals surface area contributed by atoms with Crippen molar-refractivity contribution in [1.82, 2.24) is 4.98 Å². The van der Waals surface area contributed by atoms with Gasteiger partial charge in [0.1, 0.15) is 22.8 Å². The summed E-state index contributed by atoms with van der Waals surface area (Å²) in [5.74, 6) is 1.21. The van der Waals surface area contributed by atoms with Crippen LogP contribution < -0.4 is 19.1 Å². The summed E-state index contributed by atoms with van der Waals surface area (Å²) in [5.41, 5.74) is 2.41. The van der Waals surface area contributed by atoms with Gasteiger partial charge < -0.3 is 23.5 Å². The van der Waals surface area contributed by atoms with Crippen LogP contribution in [-0.4, -0.2) is 37.3 Å². The van der Waals surface area contributed by atoms with Gasteiger partial charge in [-0.05, 0) is 66.9 Å². The smallest absolute Gasteiger partial charge is 0.326 e. The summed E-state index contributed by atoms with van der Waals surface area (Å²) in [4.78, 5) is 29.1. The average molecular weight is 504 g/mol. The van der Waals surface area contributed by atoms with E-state index in [1.54, 1.807) is 20.1 Å². The minimum Gasteiger partial charge on any atom is -0.497 e. The number of ether oxygens (including phenoxy) is 3. The first-order chi connectivity index (χ1) is 18.1. The Bertz CT molecular complexity index is 1290. The number of methoxy groups -OCH3 is 1. The molecule has 4 aromatic rings. The first-order valence-electron chi connectivity index (χ1n) is 12.1. The average Bonchev–Trinajstić information content (AvgIpc) is 3.38. The van der Waals surface area contributed by atoms with Crippen molar-refractivity contribution in [2.24, 2.45) is 5.18 Å². The molecule has 0 spiro atoms. The summed E-state index contributed by atoms with van der Waals surface area (Å²) in [6.07, 6.45) is 0.159. The van der Waals surface area contributed by atoms with Crippen LogP contribution in [-0.2, 0) is 11.3 Å². The van der Waals surface area contributed by atoms with E-state index in [-0.39, 0.29) is 0 Å². The summed E-state index contributed by atoms with van der Waals surface area (Å²) in [6, 6.07) is 23.0. The third kappa shape index (κ3) is 6.84. The van der Waals surface area contributed by atoms with Gasteiger partial charge in [0.25, 0.3) is 6.01 Å². The molecular formula is C28H29N3O6. The highest BCUT2D eigenvalue weighted by atomic mass is 16.5. The molecule has 0 fully saturated rings. The second-order valence-corrected chi connectivity index (χ2v) is 8.35. The fourth-order valence-corrected chi connectivity index (χ4v) is 3.82. The number of para-hydroxylation sites is 2. The number of amides is 1. The summed E-state index contributed by atoms with van der Waals surface area (Å²) in [7, 11) is 1.63. The van der Waals surface area contributed by atoms with Crippen molar-refractivity contribution < 1.29 is 23.4 Å². The van der Waals surface area contributed by atoms with Gasteiger partial charge in [-0.2, -0.15) is 4.98 Å². The van der Waals surface area contributed by atoms with E-state index in [1.807, 2.05) is 71.6 Å². The number of fused-ring (bicyclic) bond motifs is 1. The van der Waals surface area contributed by atoms with Crippen LogP contribution in [0.15, 0.2) is 82.4 Å². The third-order valence-corrected chi connectivity index (χ3v) is 5.74. The van der Waals surface area contributed by atoms with Crippen LogP contribution in [0.1, 0.15) is 25.3 Å². The largest absolute Gasteiger partial charge is 0.497 e. The Morgan fingerprint density at radius 1 is 1.03 bits per heavy atom. The number of rotatable bonds is 13. The van der Waals surface area contributed by atoms with Crippen LogP contribution in [0.5, 0.6) is 17.2 Å². The number of aromatic nitrogens is 1. The van der Waals surface area contributed by atoms with Crippen molar-refractivity contribution in [2.75, 3.05) is 25.2 Å². The fraction of sp³-hybridized carbons (Fsp3) is 0.286. The molecule has 9 nitrogen and oxygen atoms in total. The number of carbonyl (C=O) groups excluding carboxylic acids is 1. The predicted molar refractivity (Wildman–Crippen MR) is 140 cm³/mol. The SMILES string of the molecule is CCC(Oc1cccc(CN(CCCOc2ccc(OC)cc2)c2nc3ccccc3o2)c1)C(=O)N=O. The maximum atomic E-state index is 11.7. The van der Waals surface area contributed by atoms with Gasteiger partial charge in [0, 0.05) is 18.3 Å². The molecule has 1 amide bonds. The van der Waals surface area contributed by atoms with Gasteiger partial charge in [0.15, 0.2) is 11.7 Å². The molecule has 1 aromatic heterocycles. The minimum atomic E-state index is -0.906. The quantitative estimate of drug-likeness (QED) is 0.167. The monoisotopic (exact) mass is 503 g/mol. The van der Waals surface area contributed by atoms with Crippen molar-refractivity contribution in [1.29, 1.82) is 0 Å². The Morgan fingerprint density at radius 3 is 2.54 bits per heavy atom. The number of oxazole rings is 1. The number of hydrogen-bond acceptors (Lipinski definition) is 8. The highest BCUT2D eigenvalue weighted by Crippen LogP contribution is 2.25. The number of nitrogens with zero attached hydrogens (tertiary/aromatic N) is 3. The molecule has 0 aliphatic rings. The van der Waals surface area contributed by atoms with E-state index in [1.165, 1.54) is 0 Å². The van der Waals surface area contributed by atoms with Crippen molar-refractivity contribution in [3.8, 4) is 17.2 Å². The van der Waals surface area contributed by atoms with Gasteiger partial charge in [-0.15, -0.1) is 4.91 Å². The van der Waals surface area contributed by atoms with Gasteiger partial charge in [-0.3, -0.25) is 4.79 Å².